The Morgan fingerprint density at radius 3 is 3.00 bits per heavy atom. The molecule has 0 saturated carbocycles. The highest BCUT2D eigenvalue weighted by atomic mass is 19.1. The van der Waals surface area contributed by atoms with E-state index in [9.17, 15) is 14.3 Å². The van der Waals surface area contributed by atoms with Gasteiger partial charge in [0.25, 0.3) is 0 Å². The predicted octanol–water partition coefficient (Wildman–Crippen LogP) is 3.04. The Morgan fingerprint density at radius 1 is 1.50 bits per heavy atom. The average molecular weight is 333 g/mol. The zero-order valence-electron chi connectivity index (χ0n) is 13.7. The van der Waals surface area contributed by atoms with Gasteiger partial charge in [-0.05, 0) is 44.9 Å². The first-order valence-electron chi connectivity index (χ1n) is 8.02. The smallest absolute Gasteiger partial charge is 0.307 e. The first-order chi connectivity index (χ1) is 11.5. The zero-order valence-corrected chi connectivity index (χ0v) is 13.7. The van der Waals surface area contributed by atoms with Crippen LogP contribution in [-0.2, 0) is 4.79 Å². The average Bonchev–Trinajstić information content (AvgIpc) is 3.06. The van der Waals surface area contributed by atoms with Gasteiger partial charge in [-0.25, -0.2) is 4.39 Å². The maximum absolute atomic E-state index is 13.7. The van der Waals surface area contributed by atoms with E-state index < -0.39 is 5.97 Å². The van der Waals surface area contributed by atoms with Crippen LogP contribution in [0.2, 0.25) is 0 Å². The Labute approximate surface area is 139 Å². The predicted molar refractivity (Wildman–Crippen MR) is 84.8 cm³/mol. The minimum Gasteiger partial charge on any atom is -0.481 e. The van der Waals surface area contributed by atoms with Crippen molar-refractivity contribution in [3.05, 3.63) is 35.5 Å². The number of hydrogen-bond acceptors (Lipinski definition) is 5. The monoisotopic (exact) mass is 333 g/mol. The maximum atomic E-state index is 13.7. The number of carboxylic acid groups (broad SMARTS) is 1. The number of aromatic nitrogens is 2. The SMILES string of the molecule is Cc1ccc(-c2noc(C(C)N3CCCC(C(=O)O)C3)n2)cc1F. The number of nitrogens with zero attached hydrogens (tertiary/aromatic N) is 3. The molecule has 1 saturated heterocycles. The van der Waals surface area contributed by atoms with Crippen molar-refractivity contribution in [3.8, 4) is 11.4 Å². The van der Waals surface area contributed by atoms with Gasteiger partial charge in [-0.1, -0.05) is 17.3 Å². The fraction of sp³-hybridized carbons (Fsp3) is 0.471. The molecule has 24 heavy (non-hydrogen) atoms. The summed E-state index contributed by atoms with van der Waals surface area (Å²) < 4.78 is 19.0. The highest BCUT2D eigenvalue weighted by Crippen LogP contribution is 2.27. The van der Waals surface area contributed by atoms with Crippen molar-refractivity contribution in [1.82, 2.24) is 15.0 Å². The number of rotatable bonds is 4. The number of carbonyl (C=O) groups is 1. The number of aliphatic carboxylic acids is 1. The number of carboxylic acids is 1. The Bertz CT molecular complexity index is 746. The van der Waals surface area contributed by atoms with Crippen molar-refractivity contribution < 1.29 is 18.8 Å². The van der Waals surface area contributed by atoms with E-state index >= 15 is 0 Å². The molecule has 0 radical (unpaired) electrons. The molecule has 0 aliphatic carbocycles. The quantitative estimate of drug-likeness (QED) is 0.926. The van der Waals surface area contributed by atoms with Gasteiger partial charge in [0.2, 0.25) is 11.7 Å². The molecule has 128 valence electrons. The van der Waals surface area contributed by atoms with Crippen LogP contribution in [0.5, 0.6) is 0 Å². The van der Waals surface area contributed by atoms with Crippen LogP contribution in [0, 0.1) is 18.7 Å². The fourth-order valence-corrected chi connectivity index (χ4v) is 2.97. The van der Waals surface area contributed by atoms with Gasteiger partial charge in [0.1, 0.15) is 5.82 Å². The third kappa shape index (κ3) is 3.31. The number of aryl methyl sites for hydroxylation is 1. The first-order valence-corrected chi connectivity index (χ1v) is 8.02. The molecule has 7 heteroatoms. The van der Waals surface area contributed by atoms with Gasteiger partial charge in [-0.2, -0.15) is 4.98 Å². The molecule has 0 bridgehead atoms. The molecule has 2 heterocycles. The van der Waals surface area contributed by atoms with E-state index in [1.54, 1.807) is 19.1 Å². The molecule has 1 aliphatic rings. The van der Waals surface area contributed by atoms with E-state index in [0.29, 0.717) is 35.8 Å². The second-order valence-electron chi connectivity index (χ2n) is 6.27. The highest BCUT2D eigenvalue weighted by molar-refractivity contribution is 5.70. The number of piperidine rings is 1. The lowest BCUT2D eigenvalue weighted by atomic mass is 9.97. The number of likely N-dealkylation sites (tertiary alicyclic amines) is 1. The Morgan fingerprint density at radius 2 is 2.29 bits per heavy atom. The van der Waals surface area contributed by atoms with Crippen molar-refractivity contribution in [1.29, 1.82) is 0 Å². The summed E-state index contributed by atoms with van der Waals surface area (Å²) >= 11 is 0. The van der Waals surface area contributed by atoms with Crippen LogP contribution < -0.4 is 0 Å². The van der Waals surface area contributed by atoms with Gasteiger partial charge >= 0.3 is 5.97 Å². The van der Waals surface area contributed by atoms with Gasteiger partial charge < -0.3 is 9.63 Å². The van der Waals surface area contributed by atoms with E-state index in [4.69, 9.17) is 4.52 Å². The Balaban J connectivity index is 1.77. The normalized spacial score (nSPS) is 20.0. The lowest BCUT2D eigenvalue weighted by Gasteiger charge is -2.33. The lowest BCUT2D eigenvalue weighted by Crippen LogP contribution is -2.40. The van der Waals surface area contributed by atoms with E-state index in [-0.39, 0.29) is 17.8 Å². The molecule has 3 rings (SSSR count). The standard InChI is InChI=1S/C17H20FN3O3/c1-10-5-6-12(8-14(10)18)15-19-16(24-20-15)11(2)21-7-3-4-13(9-21)17(22)23/h5-6,8,11,13H,3-4,7,9H2,1-2H3,(H,22,23). The van der Waals surface area contributed by atoms with Crippen LogP contribution in [0.1, 0.15) is 37.3 Å². The first kappa shape index (κ1) is 16.6. The van der Waals surface area contributed by atoms with Gasteiger partial charge in [-0.15, -0.1) is 0 Å². The molecule has 2 atom stereocenters. The van der Waals surface area contributed by atoms with Crippen molar-refractivity contribution in [3.63, 3.8) is 0 Å². The van der Waals surface area contributed by atoms with Crippen LogP contribution in [-0.4, -0.2) is 39.2 Å². The van der Waals surface area contributed by atoms with Gasteiger partial charge in [0, 0.05) is 12.1 Å². The summed E-state index contributed by atoms with van der Waals surface area (Å²) in [5, 5.41) is 13.1. The van der Waals surface area contributed by atoms with Crippen LogP contribution in [0.3, 0.4) is 0 Å². The highest BCUT2D eigenvalue weighted by Gasteiger charge is 2.30. The summed E-state index contributed by atoms with van der Waals surface area (Å²) in [6, 6.07) is 4.63. The molecular weight excluding hydrogens is 313 g/mol. The van der Waals surface area contributed by atoms with Crippen LogP contribution in [0.15, 0.2) is 22.7 Å². The molecule has 2 aromatic rings. The van der Waals surface area contributed by atoms with Gasteiger partial charge in [0.05, 0.1) is 12.0 Å². The summed E-state index contributed by atoms with van der Waals surface area (Å²) in [7, 11) is 0. The van der Waals surface area contributed by atoms with E-state index in [2.05, 4.69) is 10.1 Å². The van der Waals surface area contributed by atoms with Crippen molar-refractivity contribution in [2.75, 3.05) is 13.1 Å². The van der Waals surface area contributed by atoms with E-state index in [0.717, 1.165) is 13.0 Å². The minimum atomic E-state index is -0.770. The van der Waals surface area contributed by atoms with Crippen molar-refractivity contribution in [2.45, 2.75) is 32.7 Å². The van der Waals surface area contributed by atoms with Gasteiger partial charge in [0.15, 0.2) is 0 Å². The van der Waals surface area contributed by atoms with Crippen LogP contribution in [0.4, 0.5) is 4.39 Å². The number of hydrogen-bond donors (Lipinski definition) is 1. The Kier molecular flexibility index (Phi) is 4.62. The van der Waals surface area contributed by atoms with Crippen LogP contribution in [0.25, 0.3) is 11.4 Å². The topological polar surface area (TPSA) is 79.5 Å². The molecule has 1 N–H and O–H groups in total. The van der Waals surface area contributed by atoms with E-state index in [1.165, 1.54) is 6.07 Å². The van der Waals surface area contributed by atoms with Crippen LogP contribution >= 0.6 is 0 Å². The molecule has 1 aromatic heterocycles. The van der Waals surface area contributed by atoms with E-state index in [1.807, 2.05) is 11.8 Å². The summed E-state index contributed by atoms with van der Waals surface area (Å²) in [6.07, 6.45) is 1.52. The molecule has 2 unspecified atom stereocenters. The third-order valence-corrected chi connectivity index (χ3v) is 4.58. The summed E-state index contributed by atoms with van der Waals surface area (Å²) in [5.41, 5.74) is 1.12. The minimum absolute atomic E-state index is 0.177. The summed E-state index contributed by atoms with van der Waals surface area (Å²) in [5.74, 6) is -0.699. The van der Waals surface area contributed by atoms with Gasteiger partial charge in [-0.3, -0.25) is 9.69 Å². The number of halogens is 1. The molecule has 1 aromatic carbocycles. The molecular formula is C17H20FN3O3. The fourth-order valence-electron chi connectivity index (χ4n) is 2.97. The second kappa shape index (κ2) is 6.68. The second-order valence-corrected chi connectivity index (χ2v) is 6.27. The molecule has 0 amide bonds. The summed E-state index contributed by atoms with van der Waals surface area (Å²) in [4.78, 5) is 17.6. The molecule has 1 fully saturated rings. The van der Waals surface area contributed by atoms with Crippen molar-refractivity contribution >= 4 is 5.97 Å². The molecule has 0 spiro atoms. The summed E-state index contributed by atoms with van der Waals surface area (Å²) in [6.45, 7) is 4.87. The zero-order chi connectivity index (χ0) is 17.3. The Hall–Kier alpha value is -2.28. The lowest BCUT2D eigenvalue weighted by molar-refractivity contribution is -0.144. The molecule has 6 nitrogen and oxygen atoms in total. The maximum Gasteiger partial charge on any atom is 0.307 e. The third-order valence-electron chi connectivity index (χ3n) is 4.58. The van der Waals surface area contributed by atoms with Crippen molar-refractivity contribution in [2.24, 2.45) is 5.92 Å². The number of benzene rings is 1. The largest absolute Gasteiger partial charge is 0.481 e. The molecule has 1 aliphatic heterocycles.